The molecule has 1 aliphatic rings. The molecule has 21 heavy (non-hydrogen) atoms. The molecule has 0 spiro atoms. The fourth-order valence-electron chi connectivity index (χ4n) is 3.34. The Balaban J connectivity index is 1.95. The molecule has 1 saturated carbocycles. The van der Waals surface area contributed by atoms with Gasteiger partial charge in [-0.3, -0.25) is 0 Å². The molecule has 1 fully saturated rings. The van der Waals surface area contributed by atoms with E-state index in [0.29, 0.717) is 12.5 Å². The predicted molar refractivity (Wildman–Crippen MR) is 86.6 cm³/mol. The first-order chi connectivity index (χ1) is 10.0. The molecule has 2 rings (SSSR count). The van der Waals surface area contributed by atoms with Crippen LogP contribution >= 0.6 is 0 Å². The minimum Gasteiger partial charge on any atom is -0.310 e. The Hall–Kier alpha value is -1.37. The van der Waals surface area contributed by atoms with E-state index in [4.69, 9.17) is 5.73 Å². The van der Waals surface area contributed by atoms with Crippen molar-refractivity contribution in [1.29, 1.82) is 5.26 Å². The molecular weight excluding hydrogens is 258 g/mol. The minimum atomic E-state index is -0.879. The first kappa shape index (κ1) is 16.0. The number of hydrogen-bond donors (Lipinski definition) is 1. The van der Waals surface area contributed by atoms with Gasteiger partial charge in [0.15, 0.2) is 0 Å². The van der Waals surface area contributed by atoms with Gasteiger partial charge in [0.05, 0.1) is 6.07 Å². The second kappa shape index (κ2) is 7.06. The van der Waals surface area contributed by atoms with E-state index in [1.54, 1.807) is 0 Å². The van der Waals surface area contributed by atoms with Gasteiger partial charge in [-0.05, 0) is 37.8 Å². The highest BCUT2D eigenvalue weighted by atomic mass is 15.1. The molecule has 3 atom stereocenters. The molecule has 1 aromatic carbocycles. The van der Waals surface area contributed by atoms with Crippen LogP contribution in [0.1, 0.15) is 44.6 Å². The zero-order chi connectivity index (χ0) is 15.3. The number of nitrogens with two attached hydrogens (primary N) is 1. The zero-order valence-electron chi connectivity index (χ0n) is 13.3. The molecule has 1 aliphatic carbocycles. The lowest BCUT2D eigenvalue weighted by Crippen LogP contribution is -2.42. The molecule has 3 heteroatoms. The molecule has 1 aromatic rings. The van der Waals surface area contributed by atoms with Crippen LogP contribution in [-0.2, 0) is 5.54 Å². The third-order valence-corrected chi connectivity index (χ3v) is 4.88. The van der Waals surface area contributed by atoms with Gasteiger partial charge < -0.3 is 10.6 Å². The summed E-state index contributed by atoms with van der Waals surface area (Å²) < 4.78 is 0. The lowest BCUT2D eigenvalue weighted by molar-refractivity contribution is 0.156. The van der Waals surface area contributed by atoms with Crippen LogP contribution in [0.4, 0.5) is 0 Å². The summed E-state index contributed by atoms with van der Waals surface area (Å²) in [7, 11) is 2.17. The topological polar surface area (TPSA) is 53.0 Å². The zero-order valence-corrected chi connectivity index (χ0v) is 13.3. The molecule has 0 radical (unpaired) electrons. The van der Waals surface area contributed by atoms with Crippen molar-refractivity contribution in [2.75, 3.05) is 13.6 Å². The third-order valence-electron chi connectivity index (χ3n) is 4.88. The van der Waals surface area contributed by atoms with Crippen LogP contribution in [0, 0.1) is 17.2 Å². The Bertz CT molecular complexity index is 479. The van der Waals surface area contributed by atoms with Gasteiger partial charge in [-0.15, -0.1) is 0 Å². The van der Waals surface area contributed by atoms with Crippen molar-refractivity contribution in [1.82, 2.24) is 4.90 Å². The fraction of sp³-hybridized carbons (Fsp3) is 0.611. The maximum absolute atomic E-state index is 9.51. The summed E-state index contributed by atoms with van der Waals surface area (Å²) >= 11 is 0. The van der Waals surface area contributed by atoms with E-state index >= 15 is 0 Å². The van der Waals surface area contributed by atoms with E-state index in [9.17, 15) is 5.26 Å². The molecule has 114 valence electrons. The summed E-state index contributed by atoms with van der Waals surface area (Å²) in [6.45, 7) is 3.21. The molecular formula is C18H27N3. The first-order valence-electron chi connectivity index (χ1n) is 8.01. The van der Waals surface area contributed by atoms with Gasteiger partial charge in [0.2, 0.25) is 0 Å². The highest BCUT2D eigenvalue weighted by Gasteiger charge is 2.29. The van der Waals surface area contributed by atoms with Gasteiger partial charge in [-0.25, -0.2) is 0 Å². The molecule has 0 aliphatic heterocycles. The Morgan fingerprint density at radius 3 is 2.67 bits per heavy atom. The molecule has 0 aromatic heterocycles. The normalized spacial score (nSPS) is 25.3. The monoisotopic (exact) mass is 285 g/mol. The summed E-state index contributed by atoms with van der Waals surface area (Å²) in [6.07, 6.45) is 5.89. The summed E-state index contributed by atoms with van der Waals surface area (Å²) in [5.41, 5.74) is 6.37. The maximum Gasteiger partial charge on any atom is 0.131 e. The van der Waals surface area contributed by atoms with Crippen molar-refractivity contribution in [2.24, 2.45) is 11.7 Å². The van der Waals surface area contributed by atoms with Crippen molar-refractivity contribution >= 4 is 0 Å². The van der Waals surface area contributed by atoms with Crippen molar-refractivity contribution in [3.8, 4) is 6.07 Å². The summed E-state index contributed by atoms with van der Waals surface area (Å²) in [4.78, 5) is 2.40. The average molecular weight is 285 g/mol. The summed E-state index contributed by atoms with van der Waals surface area (Å²) in [5, 5.41) is 9.51. The number of nitriles is 1. The second-order valence-corrected chi connectivity index (χ2v) is 6.61. The third kappa shape index (κ3) is 4.06. The lowest BCUT2D eigenvalue weighted by Gasteiger charge is -2.35. The molecule has 0 bridgehead atoms. The summed E-state index contributed by atoms with van der Waals surface area (Å²) in [6, 6.07) is 12.7. The van der Waals surface area contributed by atoms with Gasteiger partial charge in [-0.1, -0.05) is 50.1 Å². The Kier molecular flexibility index (Phi) is 5.39. The molecule has 0 heterocycles. The Morgan fingerprint density at radius 2 is 2.05 bits per heavy atom. The minimum absolute atomic E-state index is 0.646. The van der Waals surface area contributed by atoms with Crippen molar-refractivity contribution in [3.63, 3.8) is 0 Å². The number of hydrogen-bond acceptors (Lipinski definition) is 3. The Morgan fingerprint density at radius 1 is 1.33 bits per heavy atom. The van der Waals surface area contributed by atoms with E-state index in [1.807, 2.05) is 30.3 Å². The van der Waals surface area contributed by atoms with Crippen molar-refractivity contribution < 1.29 is 0 Å². The molecule has 0 amide bonds. The molecule has 0 saturated heterocycles. The van der Waals surface area contributed by atoms with Crippen LogP contribution in [0.5, 0.6) is 0 Å². The number of nitrogens with zero attached hydrogens (tertiary/aromatic N) is 2. The lowest BCUT2D eigenvalue weighted by atomic mass is 9.85. The van der Waals surface area contributed by atoms with E-state index in [1.165, 1.54) is 25.7 Å². The fourth-order valence-corrected chi connectivity index (χ4v) is 3.34. The van der Waals surface area contributed by atoms with Crippen molar-refractivity contribution in [2.45, 2.75) is 50.6 Å². The quantitative estimate of drug-likeness (QED) is 0.903. The number of benzene rings is 1. The van der Waals surface area contributed by atoms with Crippen LogP contribution in [0.3, 0.4) is 0 Å². The predicted octanol–water partition coefficient (Wildman–Crippen LogP) is 3.26. The smallest absolute Gasteiger partial charge is 0.131 e. The average Bonchev–Trinajstić information content (AvgIpc) is 2.53. The van der Waals surface area contributed by atoms with Crippen LogP contribution in [0.15, 0.2) is 30.3 Å². The molecule has 2 N–H and O–H groups in total. The standard InChI is InChI=1S/C18H27N3/c1-15-7-6-10-17(13-15)21(2)12-11-18(20,14-19)16-8-4-3-5-9-16/h3-5,8-9,15,17H,6-7,10-13,20H2,1-2H3. The first-order valence-corrected chi connectivity index (χ1v) is 8.01. The second-order valence-electron chi connectivity index (χ2n) is 6.61. The maximum atomic E-state index is 9.51. The van der Waals surface area contributed by atoms with Crippen LogP contribution < -0.4 is 5.73 Å². The van der Waals surface area contributed by atoms with Gasteiger partial charge in [0, 0.05) is 12.6 Å². The van der Waals surface area contributed by atoms with E-state index < -0.39 is 5.54 Å². The number of rotatable bonds is 5. The highest BCUT2D eigenvalue weighted by molar-refractivity contribution is 5.30. The Labute approximate surface area is 128 Å². The van der Waals surface area contributed by atoms with Crippen molar-refractivity contribution in [3.05, 3.63) is 35.9 Å². The molecule has 3 unspecified atom stereocenters. The van der Waals surface area contributed by atoms with E-state index in [2.05, 4.69) is 24.9 Å². The van der Waals surface area contributed by atoms with Crippen LogP contribution in [-0.4, -0.2) is 24.5 Å². The SMILES string of the molecule is CC1CCCC(N(C)CCC(N)(C#N)c2ccccc2)C1. The van der Waals surface area contributed by atoms with Crippen LogP contribution in [0.25, 0.3) is 0 Å². The summed E-state index contributed by atoms with van der Waals surface area (Å²) in [5.74, 6) is 0.818. The van der Waals surface area contributed by atoms with Crippen LogP contribution in [0.2, 0.25) is 0 Å². The molecule has 3 nitrogen and oxygen atoms in total. The highest BCUT2D eigenvalue weighted by Crippen LogP contribution is 2.28. The van der Waals surface area contributed by atoms with Gasteiger partial charge in [0.25, 0.3) is 0 Å². The van der Waals surface area contributed by atoms with Gasteiger partial charge in [0.1, 0.15) is 5.54 Å². The van der Waals surface area contributed by atoms with Gasteiger partial charge in [-0.2, -0.15) is 5.26 Å². The van der Waals surface area contributed by atoms with E-state index in [0.717, 1.165) is 18.0 Å². The largest absolute Gasteiger partial charge is 0.310 e. The van der Waals surface area contributed by atoms with E-state index in [-0.39, 0.29) is 0 Å². The van der Waals surface area contributed by atoms with Gasteiger partial charge >= 0.3 is 0 Å².